The maximum absolute atomic E-state index is 12.3. The normalized spacial score (nSPS) is 17.3. The number of nitro groups is 1. The highest BCUT2D eigenvalue weighted by Gasteiger charge is 2.36. The van der Waals surface area contributed by atoms with Gasteiger partial charge in [0, 0.05) is 23.9 Å². The monoisotopic (exact) mass is 424 g/mol. The van der Waals surface area contributed by atoms with Crippen LogP contribution in [0.2, 0.25) is 0 Å². The Hall–Kier alpha value is -3.86. The van der Waals surface area contributed by atoms with Crippen LogP contribution in [0.15, 0.2) is 65.8 Å². The fourth-order valence-corrected chi connectivity index (χ4v) is 3.77. The number of hydrazone groups is 1. The molecule has 30 heavy (non-hydrogen) atoms. The summed E-state index contributed by atoms with van der Waals surface area (Å²) < 4.78 is 0. The summed E-state index contributed by atoms with van der Waals surface area (Å²) in [6, 6.07) is 15.0. The van der Waals surface area contributed by atoms with Crippen molar-refractivity contribution < 1.29 is 14.5 Å². The van der Waals surface area contributed by atoms with E-state index in [1.54, 1.807) is 0 Å². The predicted octanol–water partition coefficient (Wildman–Crippen LogP) is 1.90. The van der Waals surface area contributed by atoms with Crippen molar-refractivity contribution in [1.82, 2.24) is 15.6 Å². The van der Waals surface area contributed by atoms with Gasteiger partial charge in [-0.1, -0.05) is 42.1 Å². The smallest absolute Gasteiger partial charge is 0.269 e. The zero-order valence-electron chi connectivity index (χ0n) is 15.4. The van der Waals surface area contributed by atoms with E-state index in [1.165, 1.54) is 42.1 Å². The summed E-state index contributed by atoms with van der Waals surface area (Å²) in [5.41, 5.74) is 4.80. The number of carbonyl (C=O) groups excluding carboxylic acids is 2. The van der Waals surface area contributed by atoms with Gasteiger partial charge in [-0.05, 0) is 17.7 Å². The number of rotatable bonds is 5. The molecule has 11 heteroatoms. The van der Waals surface area contributed by atoms with E-state index in [4.69, 9.17) is 0 Å². The lowest BCUT2D eigenvalue weighted by atomic mass is 10.1. The van der Waals surface area contributed by atoms with Crippen molar-refractivity contribution in [2.45, 2.75) is 6.29 Å². The number of hydrogen-bond donors (Lipinski definition) is 3. The van der Waals surface area contributed by atoms with Gasteiger partial charge in [0.2, 0.25) is 11.8 Å². The van der Waals surface area contributed by atoms with Crippen LogP contribution in [-0.4, -0.2) is 38.8 Å². The first-order valence-corrected chi connectivity index (χ1v) is 9.87. The van der Waals surface area contributed by atoms with Crippen molar-refractivity contribution >= 4 is 45.8 Å². The van der Waals surface area contributed by atoms with Crippen molar-refractivity contribution in [2.24, 2.45) is 5.10 Å². The lowest BCUT2D eigenvalue weighted by Crippen LogP contribution is -2.53. The molecular weight excluding hydrogens is 408 g/mol. The Labute approximate surface area is 175 Å². The Bertz CT molecular complexity index is 1050. The van der Waals surface area contributed by atoms with Gasteiger partial charge >= 0.3 is 0 Å². The first-order chi connectivity index (χ1) is 14.5. The molecule has 0 aromatic heterocycles. The molecule has 2 aliphatic rings. The molecule has 0 aliphatic carbocycles. The van der Waals surface area contributed by atoms with Crippen LogP contribution in [0.1, 0.15) is 5.56 Å². The maximum atomic E-state index is 12.3. The molecule has 1 atom stereocenters. The summed E-state index contributed by atoms with van der Waals surface area (Å²) in [7, 11) is 0. The molecule has 0 radical (unpaired) electrons. The van der Waals surface area contributed by atoms with Gasteiger partial charge in [-0.2, -0.15) is 5.10 Å². The highest BCUT2D eigenvalue weighted by Crippen LogP contribution is 2.29. The quantitative estimate of drug-likeness (QED) is 0.494. The molecule has 2 heterocycles. The Morgan fingerprint density at radius 3 is 2.63 bits per heavy atom. The fraction of sp³-hybridized carbons (Fsp3) is 0.105. The molecule has 0 spiro atoms. The average Bonchev–Trinajstić information content (AvgIpc) is 3.15. The van der Waals surface area contributed by atoms with E-state index in [-0.39, 0.29) is 23.3 Å². The van der Waals surface area contributed by atoms with Crippen LogP contribution in [0.25, 0.3) is 5.70 Å². The third-order valence-electron chi connectivity index (χ3n) is 4.32. The number of amides is 2. The number of amidine groups is 1. The Kier molecular flexibility index (Phi) is 5.35. The van der Waals surface area contributed by atoms with Crippen molar-refractivity contribution in [3.05, 3.63) is 76.4 Å². The molecule has 0 fully saturated rings. The van der Waals surface area contributed by atoms with E-state index >= 15 is 0 Å². The highest BCUT2D eigenvalue weighted by atomic mass is 32.2. The van der Waals surface area contributed by atoms with Gasteiger partial charge in [0.25, 0.3) is 5.69 Å². The second-order valence-electron chi connectivity index (χ2n) is 6.34. The van der Waals surface area contributed by atoms with Crippen molar-refractivity contribution in [2.75, 3.05) is 11.1 Å². The standard InChI is InChI=1S/C19H16N6O4S/c26-16-10-15(12-4-2-1-3-5-12)24-18(21-16)22-23-19(24)30-11-17(27)20-13-6-8-14(9-7-13)25(28)29/h1-10,18,22H,11H2,(H,20,27)(H,21,26). The van der Waals surface area contributed by atoms with Crippen molar-refractivity contribution in [3.8, 4) is 0 Å². The molecule has 2 aromatic carbocycles. The molecule has 0 bridgehead atoms. The lowest BCUT2D eigenvalue weighted by Gasteiger charge is -2.32. The largest absolute Gasteiger partial charge is 0.325 e. The summed E-state index contributed by atoms with van der Waals surface area (Å²) in [6.45, 7) is 0. The molecule has 0 saturated heterocycles. The minimum atomic E-state index is -0.530. The second kappa shape index (κ2) is 8.25. The van der Waals surface area contributed by atoms with Crippen LogP contribution >= 0.6 is 11.8 Å². The minimum Gasteiger partial charge on any atom is -0.325 e. The van der Waals surface area contributed by atoms with Gasteiger partial charge < -0.3 is 10.6 Å². The number of nitro benzene ring substituents is 1. The summed E-state index contributed by atoms with van der Waals surface area (Å²) in [5.74, 6) is -0.456. The molecule has 10 nitrogen and oxygen atoms in total. The van der Waals surface area contributed by atoms with E-state index in [9.17, 15) is 19.7 Å². The molecule has 0 saturated carbocycles. The van der Waals surface area contributed by atoms with Crippen LogP contribution in [0.5, 0.6) is 0 Å². The number of non-ortho nitro benzene ring substituents is 1. The molecule has 3 N–H and O–H groups in total. The van der Waals surface area contributed by atoms with E-state index in [0.717, 1.165) is 5.56 Å². The summed E-state index contributed by atoms with van der Waals surface area (Å²) in [4.78, 5) is 36.3. The number of anilines is 1. The molecule has 2 amide bonds. The topological polar surface area (TPSA) is 129 Å². The number of thioether (sulfide) groups is 1. The van der Waals surface area contributed by atoms with E-state index in [1.807, 2.05) is 35.2 Å². The first kappa shape index (κ1) is 19.5. The van der Waals surface area contributed by atoms with Crippen LogP contribution in [0.3, 0.4) is 0 Å². The average molecular weight is 424 g/mol. The number of carbonyl (C=O) groups is 2. The van der Waals surface area contributed by atoms with Crippen LogP contribution in [-0.2, 0) is 9.59 Å². The van der Waals surface area contributed by atoms with Crippen LogP contribution in [0.4, 0.5) is 11.4 Å². The first-order valence-electron chi connectivity index (χ1n) is 8.88. The third-order valence-corrected chi connectivity index (χ3v) is 5.27. The molecular formula is C19H16N6O4S. The number of nitrogens with one attached hydrogen (secondary N) is 3. The van der Waals surface area contributed by atoms with Gasteiger partial charge in [-0.3, -0.25) is 30.0 Å². The SMILES string of the molecule is O=C1C=C(c2ccccc2)N2C(SCC(=O)Nc3ccc([N+](=O)[O-])cc3)=NNC2N1. The predicted molar refractivity (Wildman–Crippen MR) is 113 cm³/mol. The zero-order valence-corrected chi connectivity index (χ0v) is 16.3. The van der Waals surface area contributed by atoms with Crippen molar-refractivity contribution in [3.63, 3.8) is 0 Å². The minimum absolute atomic E-state index is 0.0489. The third kappa shape index (κ3) is 4.10. The molecule has 4 rings (SSSR count). The van der Waals surface area contributed by atoms with Gasteiger partial charge in [0.15, 0.2) is 11.5 Å². The highest BCUT2D eigenvalue weighted by molar-refractivity contribution is 8.14. The van der Waals surface area contributed by atoms with Gasteiger partial charge in [-0.15, -0.1) is 0 Å². The second-order valence-corrected chi connectivity index (χ2v) is 7.28. The number of benzene rings is 2. The fourth-order valence-electron chi connectivity index (χ4n) is 2.97. The Morgan fingerprint density at radius 2 is 1.93 bits per heavy atom. The Morgan fingerprint density at radius 1 is 1.20 bits per heavy atom. The van der Waals surface area contributed by atoms with E-state index in [0.29, 0.717) is 16.6 Å². The van der Waals surface area contributed by atoms with Crippen LogP contribution < -0.4 is 16.1 Å². The zero-order chi connectivity index (χ0) is 21.1. The number of hydrogen-bond acceptors (Lipinski definition) is 8. The summed E-state index contributed by atoms with van der Waals surface area (Å²) in [5, 5.41) is 20.9. The van der Waals surface area contributed by atoms with Crippen molar-refractivity contribution in [1.29, 1.82) is 0 Å². The molecule has 152 valence electrons. The molecule has 1 unspecified atom stereocenters. The summed E-state index contributed by atoms with van der Waals surface area (Å²) >= 11 is 1.21. The van der Waals surface area contributed by atoms with Gasteiger partial charge in [-0.25, -0.2) is 0 Å². The van der Waals surface area contributed by atoms with Crippen LogP contribution in [0, 0.1) is 10.1 Å². The summed E-state index contributed by atoms with van der Waals surface area (Å²) in [6.07, 6.45) is 0.962. The maximum Gasteiger partial charge on any atom is 0.269 e. The number of nitrogens with zero attached hydrogens (tertiary/aromatic N) is 3. The lowest BCUT2D eigenvalue weighted by molar-refractivity contribution is -0.384. The van der Waals surface area contributed by atoms with Gasteiger partial charge in [0.05, 0.1) is 16.4 Å². The van der Waals surface area contributed by atoms with Gasteiger partial charge in [0.1, 0.15) is 0 Å². The molecule has 2 aliphatic heterocycles. The van der Waals surface area contributed by atoms with E-state index < -0.39 is 11.2 Å². The Balaban J connectivity index is 1.42. The number of fused-ring (bicyclic) bond motifs is 1. The van der Waals surface area contributed by atoms with E-state index in [2.05, 4.69) is 21.2 Å². The molecule has 2 aromatic rings.